The van der Waals surface area contributed by atoms with Crippen molar-refractivity contribution in [1.29, 1.82) is 0 Å². The van der Waals surface area contributed by atoms with Crippen LogP contribution in [0.2, 0.25) is 0 Å². The molecule has 0 atom stereocenters. The van der Waals surface area contributed by atoms with Crippen LogP contribution in [0.5, 0.6) is 28.7 Å². The second-order valence-corrected chi connectivity index (χ2v) is 5.95. The van der Waals surface area contributed by atoms with E-state index in [2.05, 4.69) is 0 Å². The van der Waals surface area contributed by atoms with E-state index < -0.39 is 0 Å². The van der Waals surface area contributed by atoms with Crippen molar-refractivity contribution in [3.63, 3.8) is 0 Å². The summed E-state index contributed by atoms with van der Waals surface area (Å²) < 4.78 is 26.9. The minimum atomic E-state index is -0.0772. The van der Waals surface area contributed by atoms with Crippen LogP contribution in [0.4, 0.5) is 5.69 Å². The Hall–Kier alpha value is -3.09. The highest BCUT2D eigenvalue weighted by Gasteiger charge is 2.19. The molecule has 0 fully saturated rings. The third-order valence-electron chi connectivity index (χ3n) is 4.45. The molecule has 0 aliphatic carbocycles. The summed E-state index contributed by atoms with van der Waals surface area (Å²) >= 11 is 0. The highest BCUT2D eigenvalue weighted by atomic mass is 16.5. The van der Waals surface area contributed by atoms with Gasteiger partial charge in [-0.3, -0.25) is 4.79 Å². The molecule has 1 amide bonds. The first-order valence-electron chi connectivity index (χ1n) is 8.78. The fraction of sp³-hybridized carbons (Fsp3) is 0.381. The fourth-order valence-corrected chi connectivity index (χ4v) is 3.05. The van der Waals surface area contributed by atoms with Gasteiger partial charge in [-0.15, -0.1) is 0 Å². The van der Waals surface area contributed by atoms with E-state index in [4.69, 9.17) is 23.7 Å². The van der Waals surface area contributed by atoms with Crippen molar-refractivity contribution < 1.29 is 28.5 Å². The van der Waals surface area contributed by atoms with E-state index in [0.29, 0.717) is 41.7 Å². The van der Waals surface area contributed by atoms with Crippen LogP contribution in [-0.2, 0) is 11.2 Å². The summed E-state index contributed by atoms with van der Waals surface area (Å²) in [5.74, 6) is 2.81. The van der Waals surface area contributed by atoms with Crippen LogP contribution in [0.15, 0.2) is 30.3 Å². The van der Waals surface area contributed by atoms with Gasteiger partial charge in [0.1, 0.15) is 0 Å². The Labute approximate surface area is 165 Å². The van der Waals surface area contributed by atoms with Crippen molar-refractivity contribution in [3.8, 4) is 28.7 Å². The van der Waals surface area contributed by atoms with Crippen molar-refractivity contribution in [3.05, 3.63) is 35.9 Å². The van der Waals surface area contributed by atoms with Crippen molar-refractivity contribution in [2.45, 2.75) is 13.3 Å². The van der Waals surface area contributed by atoms with E-state index >= 15 is 0 Å². The van der Waals surface area contributed by atoms with Crippen LogP contribution in [0, 0.1) is 0 Å². The van der Waals surface area contributed by atoms with Gasteiger partial charge < -0.3 is 28.6 Å². The molecule has 0 spiro atoms. The Morgan fingerprint density at radius 3 is 1.93 bits per heavy atom. The lowest BCUT2D eigenvalue weighted by Crippen LogP contribution is -2.30. The topological polar surface area (TPSA) is 66.5 Å². The van der Waals surface area contributed by atoms with Crippen molar-refractivity contribution in [1.82, 2.24) is 0 Å². The standard InChI is InChI=1S/C21H27NO6/c1-14(23)22(16-8-10-17(24-2)19(13-16)26-4)12-11-15-7-9-18(25-3)21(28-6)20(15)27-5/h7-10,13H,11-12H2,1-6H3. The molecule has 0 aromatic heterocycles. The summed E-state index contributed by atoms with van der Waals surface area (Å²) in [7, 11) is 7.86. The van der Waals surface area contributed by atoms with Crippen molar-refractivity contribution >= 4 is 11.6 Å². The van der Waals surface area contributed by atoms with E-state index in [0.717, 1.165) is 11.3 Å². The number of rotatable bonds is 9. The molecule has 28 heavy (non-hydrogen) atoms. The van der Waals surface area contributed by atoms with E-state index in [1.165, 1.54) is 6.92 Å². The lowest BCUT2D eigenvalue weighted by Gasteiger charge is -2.23. The second-order valence-electron chi connectivity index (χ2n) is 5.95. The summed E-state index contributed by atoms with van der Waals surface area (Å²) in [6.45, 7) is 1.99. The average molecular weight is 389 g/mol. The van der Waals surface area contributed by atoms with Crippen LogP contribution in [0.25, 0.3) is 0 Å². The predicted molar refractivity (Wildman–Crippen MR) is 107 cm³/mol. The number of amides is 1. The maximum atomic E-state index is 12.3. The third kappa shape index (κ3) is 4.42. The molecule has 0 saturated heterocycles. The van der Waals surface area contributed by atoms with Gasteiger partial charge in [0.05, 0.1) is 35.5 Å². The molecule has 0 bridgehead atoms. The molecule has 0 aliphatic rings. The zero-order valence-electron chi connectivity index (χ0n) is 17.2. The Morgan fingerprint density at radius 2 is 1.39 bits per heavy atom. The lowest BCUT2D eigenvalue weighted by atomic mass is 10.1. The fourth-order valence-electron chi connectivity index (χ4n) is 3.05. The molecule has 7 nitrogen and oxygen atoms in total. The molecule has 0 unspecified atom stereocenters. The number of hydrogen-bond acceptors (Lipinski definition) is 6. The molecule has 7 heteroatoms. The van der Waals surface area contributed by atoms with Crippen LogP contribution >= 0.6 is 0 Å². The average Bonchev–Trinajstić information content (AvgIpc) is 2.72. The first-order valence-corrected chi connectivity index (χ1v) is 8.78. The van der Waals surface area contributed by atoms with E-state index in [1.807, 2.05) is 18.2 Å². The molecule has 0 heterocycles. The minimum absolute atomic E-state index is 0.0772. The van der Waals surface area contributed by atoms with Gasteiger partial charge in [-0.05, 0) is 24.6 Å². The highest BCUT2D eigenvalue weighted by Crippen LogP contribution is 2.40. The van der Waals surface area contributed by atoms with Crippen molar-refractivity contribution in [2.24, 2.45) is 0 Å². The van der Waals surface area contributed by atoms with Crippen LogP contribution in [0.3, 0.4) is 0 Å². The van der Waals surface area contributed by atoms with Gasteiger partial charge in [0.15, 0.2) is 23.0 Å². The molecular weight excluding hydrogens is 362 g/mol. The van der Waals surface area contributed by atoms with Gasteiger partial charge in [-0.2, -0.15) is 0 Å². The highest BCUT2D eigenvalue weighted by molar-refractivity contribution is 5.91. The van der Waals surface area contributed by atoms with Gasteiger partial charge in [-0.25, -0.2) is 0 Å². The summed E-state index contributed by atoms with van der Waals surface area (Å²) in [6.07, 6.45) is 0.567. The minimum Gasteiger partial charge on any atom is -0.493 e. The summed E-state index contributed by atoms with van der Waals surface area (Å²) in [4.78, 5) is 14.0. The smallest absolute Gasteiger partial charge is 0.223 e. The second kappa shape index (κ2) is 9.73. The number of nitrogens with zero attached hydrogens (tertiary/aromatic N) is 1. The Kier molecular flexibility index (Phi) is 7.37. The van der Waals surface area contributed by atoms with Gasteiger partial charge in [0, 0.05) is 30.8 Å². The van der Waals surface area contributed by atoms with E-state index in [1.54, 1.807) is 52.6 Å². The Bertz CT molecular complexity index is 821. The maximum absolute atomic E-state index is 12.3. The number of methoxy groups -OCH3 is 5. The Morgan fingerprint density at radius 1 is 0.786 bits per heavy atom. The zero-order chi connectivity index (χ0) is 20.7. The number of anilines is 1. The molecule has 0 aliphatic heterocycles. The molecule has 0 saturated carbocycles. The predicted octanol–water partition coefficient (Wildman–Crippen LogP) is 3.33. The van der Waals surface area contributed by atoms with E-state index in [9.17, 15) is 4.79 Å². The number of carbonyl (C=O) groups is 1. The molecule has 2 aromatic carbocycles. The zero-order valence-corrected chi connectivity index (χ0v) is 17.2. The number of carbonyl (C=O) groups excluding carboxylic acids is 1. The van der Waals surface area contributed by atoms with Crippen LogP contribution in [0.1, 0.15) is 12.5 Å². The van der Waals surface area contributed by atoms with E-state index in [-0.39, 0.29) is 5.91 Å². The quantitative estimate of drug-likeness (QED) is 0.655. The van der Waals surface area contributed by atoms with Crippen molar-refractivity contribution in [2.75, 3.05) is 47.0 Å². The molecule has 152 valence electrons. The molecule has 0 N–H and O–H groups in total. The normalized spacial score (nSPS) is 10.2. The molecule has 2 aromatic rings. The SMILES string of the molecule is COc1ccc(N(CCc2ccc(OC)c(OC)c2OC)C(C)=O)cc1OC. The Balaban J connectivity index is 2.31. The first kappa shape index (κ1) is 21.2. The van der Waals surface area contributed by atoms with Crippen LogP contribution < -0.4 is 28.6 Å². The van der Waals surface area contributed by atoms with Gasteiger partial charge in [-0.1, -0.05) is 6.07 Å². The number of ether oxygens (including phenoxy) is 5. The maximum Gasteiger partial charge on any atom is 0.223 e. The molecule has 0 radical (unpaired) electrons. The number of benzene rings is 2. The lowest BCUT2D eigenvalue weighted by molar-refractivity contribution is -0.116. The van der Waals surface area contributed by atoms with Gasteiger partial charge in [0.2, 0.25) is 11.7 Å². The largest absolute Gasteiger partial charge is 0.493 e. The van der Waals surface area contributed by atoms with Gasteiger partial charge in [0.25, 0.3) is 0 Å². The molecule has 2 rings (SSSR count). The first-order chi connectivity index (χ1) is 13.5. The molecular formula is C21H27NO6. The third-order valence-corrected chi connectivity index (χ3v) is 4.45. The monoisotopic (exact) mass is 389 g/mol. The van der Waals surface area contributed by atoms with Gasteiger partial charge >= 0.3 is 0 Å². The summed E-state index contributed by atoms with van der Waals surface area (Å²) in [5.41, 5.74) is 1.64. The summed E-state index contributed by atoms with van der Waals surface area (Å²) in [5, 5.41) is 0. The van der Waals surface area contributed by atoms with Crippen LogP contribution in [-0.4, -0.2) is 48.0 Å². The number of hydrogen-bond donors (Lipinski definition) is 0. The summed E-state index contributed by atoms with van der Waals surface area (Å²) in [6, 6.07) is 9.13.